The van der Waals surface area contributed by atoms with Crippen LogP contribution in [0.15, 0.2) is 18.2 Å². The SMILES string of the molecule is NC(=O)c1cccc2c1nc1n2CCNC1. The minimum absolute atomic E-state index is 0.422. The fraction of sp³-hybridized carbons (Fsp3) is 0.273. The summed E-state index contributed by atoms with van der Waals surface area (Å²) in [5.41, 5.74) is 7.54. The average molecular weight is 216 g/mol. The number of carbonyl (C=O) groups excluding carboxylic acids is 1. The summed E-state index contributed by atoms with van der Waals surface area (Å²) < 4.78 is 2.14. The van der Waals surface area contributed by atoms with Gasteiger partial charge in [-0.1, -0.05) is 6.07 Å². The number of fused-ring (bicyclic) bond motifs is 3. The van der Waals surface area contributed by atoms with Gasteiger partial charge in [0.05, 0.1) is 17.6 Å². The highest BCUT2D eigenvalue weighted by atomic mass is 16.1. The molecule has 0 saturated carbocycles. The molecule has 2 aromatic rings. The first-order chi connectivity index (χ1) is 7.77. The molecule has 5 heteroatoms. The van der Waals surface area contributed by atoms with E-state index in [4.69, 9.17) is 5.73 Å². The normalized spacial score (nSPS) is 15.0. The van der Waals surface area contributed by atoms with Crippen molar-refractivity contribution in [3.63, 3.8) is 0 Å². The number of benzene rings is 1. The number of rotatable bonds is 1. The highest BCUT2D eigenvalue weighted by Crippen LogP contribution is 2.21. The van der Waals surface area contributed by atoms with Gasteiger partial charge in [0.1, 0.15) is 11.3 Å². The average Bonchev–Trinajstić information content (AvgIpc) is 2.67. The van der Waals surface area contributed by atoms with E-state index in [0.717, 1.165) is 31.0 Å². The third-order valence-electron chi connectivity index (χ3n) is 2.92. The van der Waals surface area contributed by atoms with E-state index in [1.165, 1.54) is 0 Å². The third kappa shape index (κ3) is 1.22. The molecule has 1 aliphatic heterocycles. The molecule has 16 heavy (non-hydrogen) atoms. The van der Waals surface area contributed by atoms with Crippen LogP contribution in [0.3, 0.4) is 0 Å². The van der Waals surface area contributed by atoms with E-state index in [1.807, 2.05) is 12.1 Å². The summed E-state index contributed by atoms with van der Waals surface area (Å²) in [5, 5.41) is 3.25. The van der Waals surface area contributed by atoms with E-state index in [2.05, 4.69) is 14.9 Å². The lowest BCUT2D eigenvalue weighted by Gasteiger charge is -2.15. The molecule has 1 aromatic heterocycles. The van der Waals surface area contributed by atoms with Crippen molar-refractivity contribution in [2.75, 3.05) is 6.54 Å². The summed E-state index contributed by atoms with van der Waals surface area (Å²) >= 11 is 0. The molecule has 0 aliphatic carbocycles. The largest absolute Gasteiger partial charge is 0.366 e. The molecule has 5 nitrogen and oxygen atoms in total. The van der Waals surface area contributed by atoms with Crippen LogP contribution in [-0.4, -0.2) is 22.0 Å². The number of nitrogens with two attached hydrogens (primary N) is 1. The van der Waals surface area contributed by atoms with Crippen molar-refractivity contribution < 1.29 is 4.79 Å². The Balaban J connectivity index is 2.33. The number of nitrogens with zero attached hydrogens (tertiary/aromatic N) is 2. The van der Waals surface area contributed by atoms with Gasteiger partial charge in [-0.2, -0.15) is 0 Å². The summed E-state index contributed by atoms with van der Waals surface area (Å²) in [6, 6.07) is 5.54. The van der Waals surface area contributed by atoms with E-state index in [1.54, 1.807) is 6.07 Å². The molecule has 0 atom stereocenters. The number of amides is 1. The van der Waals surface area contributed by atoms with E-state index in [9.17, 15) is 4.79 Å². The van der Waals surface area contributed by atoms with E-state index >= 15 is 0 Å². The lowest BCUT2D eigenvalue weighted by Crippen LogP contribution is -2.28. The summed E-state index contributed by atoms with van der Waals surface area (Å²) in [7, 11) is 0. The maximum atomic E-state index is 11.3. The Bertz CT molecular complexity index is 573. The summed E-state index contributed by atoms with van der Waals surface area (Å²) in [6.07, 6.45) is 0. The molecule has 0 saturated heterocycles. The van der Waals surface area contributed by atoms with Gasteiger partial charge in [0.15, 0.2) is 0 Å². The summed E-state index contributed by atoms with van der Waals surface area (Å²) in [4.78, 5) is 15.8. The van der Waals surface area contributed by atoms with Gasteiger partial charge in [-0.25, -0.2) is 4.98 Å². The number of hydrogen-bond acceptors (Lipinski definition) is 3. The Morgan fingerprint density at radius 2 is 2.38 bits per heavy atom. The molecule has 2 heterocycles. The van der Waals surface area contributed by atoms with Gasteiger partial charge in [0.2, 0.25) is 0 Å². The zero-order valence-corrected chi connectivity index (χ0v) is 8.73. The second-order valence-electron chi connectivity index (χ2n) is 3.89. The Hall–Kier alpha value is -1.88. The van der Waals surface area contributed by atoms with Crippen molar-refractivity contribution in [2.24, 2.45) is 5.73 Å². The van der Waals surface area contributed by atoms with Crippen molar-refractivity contribution in [1.29, 1.82) is 0 Å². The van der Waals surface area contributed by atoms with Gasteiger partial charge in [0.25, 0.3) is 5.91 Å². The Kier molecular flexibility index (Phi) is 1.94. The monoisotopic (exact) mass is 216 g/mol. The summed E-state index contributed by atoms with van der Waals surface area (Å²) in [6.45, 7) is 2.56. The first-order valence-corrected chi connectivity index (χ1v) is 5.26. The maximum absolute atomic E-state index is 11.3. The van der Waals surface area contributed by atoms with Crippen molar-refractivity contribution in [1.82, 2.24) is 14.9 Å². The number of imidazole rings is 1. The van der Waals surface area contributed by atoms with Crippen LogP contribution in [0.4, 0.5) is 0 Å². The minimum atomic E-state index is -0.422. The fourth-order valence-electron chi connectivity index (χ4n) is 2.17. The Morgan fingerprint density at radius 1 is 1.50 bits per heavy atom. The predicted octanol–water partition coefficient (Wildman–Crippen LogP) is 0.238. The highest BCUT2D eigenvalue weighted by Gasteiger charge is 2.17. The molecule has 3 rings (SSSR count). The molecule has 1 amide bonds. The zero-order valence-electron chi connectivity index (χ0n) is 8.73. The number of carbonyl (C=O) groups is 1. The van der Waals surface area contributed by atoms with Crippen LogP contribution in [0.1, 0.15) is 16.2 Å². The first-order valence-electron chi connectivity index (χ1n) is 5.26. The topological polar surface area (TPSA) is 72.9 Å². The van der Waals surface area contributed by atoms with E-state index in [0.29, 0.717) is 11.1 Å². The van der Waals surface area contributed by atoms with Crippen molar-refractivity contribution in [3.05, 3.63) is 29.6 Å². The molecule has 3 N–H and O–H groups in total. The Morgan fingerprint density at radius 3 is 3.19 bits per heavy atom. The van der Waals surface area contributed by atoms with Gasteiger partial charge < -0.3 is 15.6 Å². The molecule has 0 fully saturated rings. The second-order valence-corrected chi connectivity index (χ2v) is 3.89. The van der Waals surface area contributed by atoms with Gasteiger partial charge in [0, 0.05) is 13.1 Å². The van der Waals surface area contributed by atoms with Crippen LogP contribution in [-0.2, 0) is 13.1 Å². The van der Waals surface area contributed by atoms with Crippen LogP contribution in [0.5, 0.6) is 0 Å². The molecular formula is C11H12N4O. The number of primary amides is 1. The van der Waals surface area contributed by atoms with Crippen LogP contribution in [0.25, 0.3) is 11.0 Å². The fourth-order valence-corrected chi connectivity index (χ4v) is 2.17. The minimum Gasteiger partial charge on any atom is -0.366 e. The summed E-state index contributed by atoms with van der Waals surface area (Å²) in [5.74, 6) is 0.545. The van der Waals surface area contributed by atoms with Gasteiger partial charge in [-0.15, -0.1) is 0 Å². The predicted molar refractivity (Wildman–Crippen MR) is 60.0 cm³/mol. The van der Waals surface area contributed by atoms with Crippen LogP contribution in [0.2, 0.25) is 0 Å². The van der Waals surface area contributed by atoms with Crippen molar-refractivity contribution in [3.8, 4) is 0 Å². The van der Waals surface area contributed by atoms with Crippen LogP contribution < -0.4 is 11.1 Å². The van der Waals surface area contributed by atoms with Crippen LogP contribution in [0, 0.1) is 0 Å². The number of nitrogens with one attached hydrogen (secondary N) is 1. The smallest absolute Gasteiger partial charge is 0.250 e. The second kappa shape index (κ2) is 3.31. The standard InChI is InChI=1S/C11H12N4O/c12-11(16)7-2-1-3-8-10(7)14-9-6-13-4-5-15(8)9/h1-3,13H,4-6H2,(H2,12,16). The number of aromatic nitrogens is 2. The molecule has 0 bridgehead atoms. The van der Waals surface area contributed by atoms with Gasteiger partial charge >= 0.3 is 0 Å². The van der Waals surface area contributed by atoms with Crippen molar-refractivity contribution in [2.45, 2.75) is 13.1 Å². The molecular weight excluding hydrogens is 204 g/mol. The third-order valence-corrected chi connectivity index (χ3v) is 2.92. The van der Waals surface area contributed by atoms with E-state index in [-0.39, 0.29) is 0 Å². The lowest BCUT2D eigenvalue weighted by molar-refractivity contribution is 0.100. The van der Waals surface area contributed by atoms with Crippen LogP contribution >= 0.6 is 0 Å². The molecule has 1 aromatic carbocycles. The lowest BCUT2D eigenvalue weighted by atomic mass is 10.2. The highest BCUT2D eigenvalue weighted by molar-refractivity contribution is 6.04. The molecule has 0 radical (unpaired) electrons. The van der Waals surface area contributed by atoms with Gasteiger partial charge in [-0.3, -0.25) is 4.79 Å². The number of hydrogen-bond donors (Lipinski definition) is 2. The first kappa shape index (κ1) is 9.35. The molecule has 0 spiro atoms. The molecule has 82 valence electrons. The molecule has 1 aliphatic rings. The van der Waals surface area contributed by atoms with Crippen molar-refractivity contribution >= 4 is 16.9 Å². The number of para-hydroxylation sites is 1. The molecule has 0 unspecified atom stereocenters. The maximum Gasteiger partial charge on any atom is 0.250 e. The Labute approximate surface area is 92.3 Å². The van der Waals surface area contributed by atoms with Gasteiger partial charge in [-0.05, 0) is 12.1 Å². The zero-order chi connectivity index (χ0) is 11.1. The van der Waals surface area contributed by atoms with E-state index < -0.39 is 5.91 Å². The quantitative estimate of drug-likeness (QED) is 0.717.